The Bertz CT molecular complexity index is 391. The Labute approximate surface area is 122 Å². The number of allylic oxidation sites excluding steroid dienone is 2. The lowest BCUT2D eigenvalue weighted by Crippen LogP contribution is -2.50. The van der Waals surface area contributed by atoms with Crippen molar-refractivity contribution >= 4 is 5.91 Å². The van der Waals surface area contributed by atoms with Crippen LogP contribution in [0.25, 0.3) is 0 Å². The van der Waals surface area contributed by atoms with Crippen LogP contribution in [0, 0.1) is 17.3 Å². The quantitative estimate of drug-likeness (QED) is 0.791. The average Bonchev–Trinajstić information content (AvgIpc) is 2.90. The highest BCUT2D eigenvalue weighted by Crippen LogP contribution is 2.60. The lowest BCUT2D eigenvalue weighted by atomic mass is 10.1. The maximum atomic E-state index is 12.7. The molecular formula is C16H28N2O2. The summed E-state index contributed by atoms with van der Waals surface area (Å²) in [6, 6.07) is 0. The third-order valence-corrected chi connectivity index (χ3v) is 4.79. The maximum Gasteiger partial charge on any atom is 0.226 e. The van der Waals surface area contributed by atoms with Gasteiger partial charge in [0.1, 0.15) is 0 Å². The van der Waals surface area contributed by atoms with Crippen molar-refractivity contribution in [3.63, 3.8) is 0 Å². The van der Waals surface area contributed by atoms with E-state index in [-0.39, 0.29) is 17.9 Å². The largest absolute Gasteiger partial charge is 0.395 e. The fourth-order valence-electron chi connectivity index (χ4n) is 3.35. The molecule has 114 valence electrons. The van der Waals surface area contributed by atoms with E-state index in [1.807, 2.05) is 4.90 Å². The first-order chi connectivity index (χ1) is 9.37. The topological polar surface area (TPSA) is 43.8 Å². The number of carbonyl (C=O) groups excluding carboxylic acids is 1. The molecule has 2 atom stereocenters. The highest BCUT2D eigenvalue weighted by molar-refractivity contribution is 5.84. The van der Waals surface area contributed by atoms with Crippen molar-refractivity contribution in [3.05, 3.63) is 11.6 Å². The van der Waals surface area contributed by atoms with E-state index in [4.69, 9.17) is 5.11 Å². The van der Waals surface area contributed by atoms with Crippen molar-refractivity contribution in [3.8, 4) is 0 Å². The molecule has 1 heterocycles. The zero-order chi connectivity index (χ0) is 14.9. The summed E-state index contributed by atoms with van der Waals surface area (Å²) in [5, 5.41) is 8.95. The second kappa shape index (κ2) is 5.86. The first-order valence-corrected chi connectivity index (χ1v) is 7.65. The van der Waals surface area contributed by atoms with Gasteiger partial charge in [0.05, 0.1) is 12.5 Å². The number of aliphatic hydroxyl groups excluding tert-OH is 1. The van der Waals surface area contributed by atoms with E-state index in [2.05, 4.69) is 38.7 Å². The van der Waals surface area contributed by atoms with Crippen LogP contribution >= 0.6 is 0 Å². The van der Waals surface area contributed by atoms with E-state index in [1.54, 1.807) is 0 Å². The van der Waals surface area contributed by atoms with Gasteiger partial charge in [0.25, 0.3) is 0 Å². The Balaban J connectivity index is 1.92. The predicted octanol–water partition coefficient (Wildman–Crippen LogP) is 1.36. The maximum absolute atomic E-state index is 12.7. The SMILES string of the molecule is CC(C)=CC1C(C(=O)N2CCN(CCO)CC2)C1(C)C. The van der Waals surface area contributed by atoms with E-state index in [0.717, 1.165) is 32.7 Å². The molecule has 4 nitrogen and oxygen atoms in total. The molecule has 1 N–H and O–H groups in total. The number of piperazine rings is 1. The highest BCUT2D eigenvalue weighted by Gasteiger charge is 2.61. The van der Waals surface area contributed by atoms with Gasteiger partial charge in [-0.25, -0.2) is 0 Å². The molecule has 20 heavy (non-hydrogen) atoms. The van der Waals surface area contributed by atoms with E-state index in [9.17, 15) is 4.79 Å². The van der Waals surface area contributed by atoms with Crippen LogP contribution < -0.4 is 0 Å². The zero-order valence-electron chi connectivity index (χ0n) is 13.2. The summed E-state index contributed by atoms with van der Waals surface area (Å²) in [5.74, 6) is 0.874. The van der Waals surface area contributed by atoms with Crippen LogP contribution in [0.3, 0.4) is 0 Å². The lowest BCUT2D eigenvalue weighted by molar-refractivity contribution is -0.135. The zero-order valence-corrected chi connectivity index (χ0v) is 13.2. The van der Waals surface area contributed by atoms with Crippen molar-refractivity contribution in [1.29, 1.82) is 0 Å². The molecule has 0 aromatic rings. The standard InChI is InChI=1S/C16H28N2O2/c1-12(2)11-13-14(16(13,3)4)15(20)18-7-5-17(6-8-18)9-10-19/h11,13-14,19H,5-10H2,1-4H3. The van der Waals surface area contributed by atoms with Crippen LogP contribution in [0.4, 0.5) is 0 Å². The molecule has 1 amide bonds. The third kappa shape index (κ3) is 3.07. The van der Waals surface area contributed by atoms with Crippen molar-refractivity contribution in [2.45, 2.75) is 27.7 Å². The van der Waals surface area contributed by atoms with Gasteiger partial charge in [0.15, 0.2) is 0 Å². The van der Waals surface area contributed by atoms with Crippen LogP contribution in [0.5, 0.6) is 0 Å². The predicted molar refractivity (Wildman–Crippen MR) is 80.3 cm³/mol. The van der Waals surface area contributed by atoms with Gasteiger partial charge < -0.3 is 10.0 Å². The average molecular weight is 280 g/mol. The van der Waals surface area contributed by atoms with Crippen molar-refractivity contribution in [2.75, 3.05) is 39.3 Å². The molecule has 1 saturated carbocycles. The normalized spacial score (nSPS) is 29.1. The van der Waals surface area contributed by atoms with Gasteiger partial charge in [-0.15, -0.1) is 0 Å². The van der Waals surface area contributed by atoms with Crippen molar-refractivity contribution < 1.29 is 9.90 Å². The highest BCUT2D eigenvalue weighted by atomic mass is 16.3. The smallest absolute Gasteiger partial charge is 0.226 e. The van der Waals surface area contributed by atoms with Gasteiger partial charge in [0.2, 0.25) is 5.91 Å². The molecule has 4 heteroatoms. The number of aliphatic hydroxyl groups is 1. The van der Waals surface area contributed by atoms with Gasteiger partial charge in [-0.3, -0.25) is 9.69 Å². The summed E-state index contributed by atoms with van der Waals surface area (Å²) in [6.45, 7) is 12.9. The summed E-state index contributed by atoms with van der Waals surface area (Å²) >= 11 is 0. The second-order valence-corrected chi connectivity index (χ2v) is 6.96. The van der Waals surface area contributed by atoms with Gasteiger partial charge in [-0.1, -0.05) is 25.5 Å². The lowest BCUT2D eigenvalue weighted by Gasteiger charge is -2.34. The van der Waals surface area contributed by atoms with Gasteiger partial charge >= 0.3 is 0 Å². The third-order valence-electron chi connectivity index (χ3n) is 4.79. The Morgan fingerprint density at radius 1 is 1.25 bits per heavy atom. The van der Waals surface area contributed by atoms with E-state index in [1.165, 1.54) is 5.57 Å². The molecule has 2 unspecified atom stereocenters. The molecular weight excluding hydrogens is 252 g/mol. The number of nitrogens with zero attached hydrogens (tertiary/aromatic N) is 2. The molecule has 2 rings (SSSR count). The number of rotatable bonds is 4. The van der Waals surface area contributed by atoms with E-state index < -0.39 is 0 Å². The molecule has 1 saturated heterocycles. The minimum atomic E-state index is 0.108. The van der Waals surface area contributed by atoms with Crippen molar-refractivity contribution in [1.82, 2.24) is 9.80 Å². The Kier molecular flexibility index (Phi) is 4.55. The van der Waals surface area contributed by atoms with Crippen LogP contribution in [0.1, 0.15) is 27.7 Å². The Morgan fingerprint density at radius 2 is 1.85 bits per heavy atom. The van der Waals surface area contributed by atoms with Crippen LogP contribution in [-0.4, -0.2) is 60.1 Å². The summed E-state index contributed by atoms with van der Waals surface area (Å²) in [7, 11) is 0. The summed E-state index contributed by atoms with van der Waals surface area (Å²) < 4.78 is 0. The number of hydrogen-bond acceptors (Lipinski definition) is 3. The molecule has 0 spiro atoms. The fraction of sp³-hybridized carbons (Fsp3) is 0.812. The van der Waals surface area contributed by atoms with Crippen molar-refractivity contribution in [2.24, 2.45) is 17.3 Å². The first-order valence-electron chi connectivity index (χ1n) is 7.65. The van der Waals surface area contributed by atoms with Crippen LogP contribution in [0.2, 0.25) is 0 Å². The van der Waals surface area contributed by atoms with Gasteiger partial charge in [0, 0.05) is 32.7 Å². The number of β-amino-alcohol motifs (C(OH)–C–C–N with tert-alkyl or cyclic N) is 1. The van der Waals surface area contributed by atoms with Gasteiger partial charge in [-0.2, -0.15) is 0 Å². The van der Waals surface area contributed by atoms with Gasteiger partial charge in [-0.05, 0) is 25.2 Å². The minimum Gasteiger partial charge on any atom is -0.395 e. The minimum absolute atomic E-state index is 0.108. The van der Waals surface area contributed by atoms with E-state index in [0.29, 0.717) is 11.8 Å². The number of amides is 1. The summed E-state index contributed by atoms with van der Waals surface area (Å²) in [5.41, 5.74) is 1.41. The van der Waals surface area contributed by atoms with Crippen LogP contribution in [-0.2, 0) is 4.79 Å². The molecule has 1 aliphatic carbocycles. The molecule has 0 radical (unpaired) electrons. The number of hydrogen-bond donors (Lipinski definition) is 1. The summed E-state index contributed by atoms with van der Waals surface area (Å²) in [6.07, 6.45) is 2.25. The molecule has 0 aromatic carbocycles. The Hall–Kier alpha value is -0.870. The molecule has 2 aliphatic rings. The first kappa shape index (κ1) is 15.5. The summed E-state index contributed by atoms with van der Waals surface area (Å²) in [4.78, 5) is 16.9. The van der Waals surface area contributed by atoms with E-state index >= 15 is 0 Å². The number of carbonyl (C=O) groups is 1. The van der Waals surface area contributed by atoms with Crippen LogP contribution in [0.15, 0.2) is 11.6 Å². The monoisotopic (exact) mass is 280 g/mol. The molecule has 0 bridgehead atoms. The Morgan fingerprint density at radius 3 is 2.35 bits per heavy atom. The fourth-order valence-corrected chi connectivity index (χ4v) is 3.35. The molecule has 2 fully saturated rings. The molecule has 0 aromatic heterocycles. The second-order valence-electron chi connectivity index (χ2n) is 6.96. The molecule has 1 aliphatic heterocycles.